The minimum atomic E-state index is -4.28. The maximum Gasteiger partial charge on any atom is 0.416 e. The fraction of sp³-hybridized carbons (Fsp3) is 0.500. The van der Waals surface area contributed by atoms with Gasteiger partial charge < -0.3 is 5.32 Å². The van der Waals surface area contributed by atoms with Crippen LogP contribution >= 0.6 is 0 Å². The first-order valence-electron chi connectivity index (χ1n) is 7.03. The van der Waals surface area contributed by atoms with E-state index in [0.29, 0.717) is 11.6 Å². The van der Waals surface area contributed by atoms with Gasteiger partial charge in [0.2, 0.25) is 0 Å². The molecule has 1 aromatic carbocycles. The quantitative estimate of drug-likeness (QED) is 0.852. The van der Waals surface area contributed by atoms with E-state index < -0.39 is 11.7 Å². The number of nitrogens with one attached hydrogen (secondary N) is 1. The Balaban J connectivity index is 2.05. The van der Waals surface area contributed by atoms with Crippen LogP contribution in [0.15, 0.2) is 29.8 Å². The largest absolute Gasteiger partial charge is 0.416 e. The van der Waals surface area contributed by atoms with Crippen molar-refractivity contribution < 1.29 is 13.2 Å². The molecule has 0 radical (unpaired) electrons. The lowest BCUT2D eigenvalue weighted by Gasteiger charge is -2.23. The maximum atomic E-state index is 12.6. The topological polar surface area (TPSA) is 12.0 Å². The van der Waals surface area contributed by atoms with Gasteiger partial charge in [-0.25, -0.2) is 0 Å². The minimum Gasteiger partial charge on any atom is -0.314 e. The monoisotopic (exact) mass is 283 g/mol. The first-order chi connectivity index (χ1) is 9.45. The average molecular weight is 283 g/mol. The van der Waals surface area contributed by atoms with Crippen LogP contribution in [0.3, 0.4) is 0 Å². The molecule has 0 bridgehead atoms. The van der Waals surface area contributed by atoms with Gasteiger partial charge in [-0.3, -0.25) is 0 Å². The summed E-state index contributed by atoms with van der Waals surface area (Å²) in [6.45, 7) is 3.03. The third-order valence-electron chi connectivity index (χ3n) is 3.61. The zero-order valence-electron chi connectivity index (χ0n) is 11.6. The van der Waals surface area contributed by atoms with Crippen molar-refractivity contribution in [1.29, 1.82) is 0 Å². The van der Waals surface area contributed by atoms with Crippen molar-refractivity contribution in [2.45, 2.75) is 44.8 Å². The minimum absolute atomic E-state index is 0.464. The van der Waals surface area contributed by atoms with Crippen molar-refractivity contribution in [1.82, 2.24) is 5.32 Å². The van der Waals surface area contributed by atoms with Crippen LogP contribution in [0.2, 0.25) is 0 Å². The molecule has 1 aromatic rings. The van der Waals surface area contributed by atoms with Gasteiger partial charge in [-0.1, -0.05) is 30.2 Å². The second kappa shape index (κ2) is 6.44. The van der Waals surface area contributed by atoms with E-state index in [2.05, 4.69) is 5.32 Å². The highest BCUT2D eigenvalue weighted by Gasteiger charge is 2.30. The second-order valence-corrected chi connectivity index (χ2v) is 5.46. The van der Waals surface area contributed by atoms with Gasteiger partial charge in [-0.05, 0) is 50.4 Å². The molecule has 1 aliphatic heterocycles. The Kier molecular flexibility index (Phi) is 4.86. The molecule has 0 saturated carbocycles. The lowest BCUT2D eigenvalue weighted by Crippen LogP contribution is -2.33. The third-order valence-corrected chi connectivity index (χ3v) is 3.61. The van der Waals surface area contributed by atoms with Crippen molar-refractivity contribution in [3.63, 3.8) is 0 Å². The Morgan fingerprint density at radius 1 is 1.35 bits per heavy atom. The van der Waals surface area contributed by atoms with Gasteiger partial charge in [0.25, 0.3) is 0 Å². The second-order valence-electron chi connectivity index (χ2n) is 5.46. The first-order valence-corrected chi connectivity index (χ1v) is 7.03. The molecule has 1 saturated heterocycles. The summed E-state index contributed by atoms with van der Waals surface area (Å²) in [5, 5.41) is 3.45. The summed E-state index contributed by atoms with van der Waals surface area (Å²) in [6.07, 6.45) is 2.07. The molecule has 1 fully saturated rings. The molecule has 0 aliphatic carbocycles. The van der Waals surface area contributed by atoms with Crippen LogP contribution in [0.1, 0.15) is 43.7 Å². The number of alkyl halides is 3. The average Bonchev–Trinajstić information content (AvgIpc) is 2.39. The van der Waals surface area contributed by atoms with Gasteiger partial charge in [0, 0.05) is 6.04 Å². The van der Waals surface area contributed by atoms with Crippen LogP contribution < -0.4 is 5.32 Å². The van der Waals surface area contributed by atoms with Crippen molar-refractivity contribution in [3.8, 4) is 0 Å². The van der Waals surface area contributed by atoms with E-state index in [-0.39, 0.29) is 0 Å². The molecule has 0 amide bonds. The summed E-state index contributed by atoms with van der Waals surface area (Å²) in [5.41, 5.74) is 1.15. The van der Waals surface area contributed by atoms with E-state index in [1.54, 1.807) is 6.07 Å². The van der Waals surface area contributed by atoms with Crippen LogP contribution in [0, 0.1) is 0 Å². The number of rotatable bonds is 3. The van der Waals surface area contributed by atoms with Crippen LogP contribution in [-0.2, 0) is 6.18 Å². The van der Waals surface area contributed by atoms with Crippen molar-refractivity contribution in [2.75, 3.05) is 6.54 Å². The molecular formula is C16H20F3N. The summed E-state index contributed by atoms with van der Waals surface area (Å²) < 4.78 is 37.9. The molecule has 1 nitrogen and oxygen atoms in total. The van der Waals surface area contributed by atoms with Crippen LogP contribution in [0.4, 0.5) is 13.2 Å². The molecule has 20 heavy (non-hydrogen) atoms. The van der Waals surface area contributed by atoms with Gasteiger partial charge in [0.05, 0.1) is 5.56 Å². The highest BCUT2D eigenvalue weighted by atomic mass is 19.4. The molecule has 1 N–H and O–H groups in total. The van der Waals surface area contributed by atoms with Gasteiger partial charge in [0.1, 0.15) is 0 Å². The van der Waals surface area contributed by atoms with Gasteiger partial charge in [-0.15, -0.1) is 0 Å². The van der Waals surface area contributed by atoms with Crippen molar-refractivity contribution in [2.24, 2.45) is 0 Å². The van der Waals surface area contributed by atoms with Gasteiger partial charge in [0.15, 0.2) is 0 Å². The molecule has 0 aromatic heterocycles. The Morgan fingerprint density at radius 3 is 2.80 bits per heavy atom. The molecule has 1 aliphatic rings. The molecular weight excluding hydrogens is 263 g/mol. The normalized spacial score (nSPS) is 21.0. The number of benzene rings is 1. The number of hydrogen-bond donors (Lipinski definition) is 1. The Hall–Kier alpha value is -1.29. The van der Waals surface area contributed by atoms with Crippen molar-refractivity contribution in [3.05, 3.63) is 41.0 Å². The number of piperidine rings is 1. The fourth-order valence-corrected chi connectivity index (χ4v) is 2.64. The zero-order valence-corrected chi connectivity index (χ0v) is 11.6. The lowest BCUT2D eigenvalue weighted by atomic mass is 9.97. The molecule has 4 heteroatoms. The van der Waals surface area contributed by atoms with Gasteiger partial charge >= 0.3 is 6.18 Å². The van der Waals surface area contributed by atoms with E-state index in [1.165, 1.54) is 25.0 Å². The fourth-order valence-electron chi connectivity index (χ4n) is 2.64. The van der Waals surface area contributed by atoms with E-state index in [9.17, 15) is 13.2 Å². The van der Waals surface area contributed by atoms with E-state index in [1.807, 2.05) is 13.0 Å². The predicted octanol–water partition coefficient (Wildman–Crippen LogP) is 4.64. The van der Waals surface area contributed by atoms with Gasteiger partial charge in [-0.2, -0.15) is 13.2 Å². The van der Waals surface area contributed by atoms with Crippen molar-refractivity contribution >= 4 is 6.08 Å². The van der Waals surface area contributed by atoms with Crippen LogP contribution in [-0.4, -0.2) is 12.6 Å². The molecule has 1 heterocycles. The van der Waals surface area contributed by atoms with E-state index >= 15 is 0 Å². The molecule has 1 unspecified atom stereocenters. The summed E-state index contributed by atoms with van der Waals surface area (Å²) >= 11 is 0. The summed E-state index contributed by atoms with van der Waals surface area (Å²) in [6, 6.07) is 5.95. The van der Waals surface area contributed by atoms with E-state index in [4.69, 9.17) is 0 Å². The number of halogens is 3. The maximum absolute atomic E-state index is 12.6. The van der Waals surface area contributed by atoms with Crippen LogP contribution in [0.5, 0.6) is 0 Å². The molecule has 110 valence electrons. The molecule has 0 spiro atoms. The Morgan fingerprint density at radius 2 is 2.15 bits per heavy atom. The van der Waals surface area contributed by atoms with Crippen LogP contribution in [0.25, 0.3) is 6.08 Å². The molecule has 2 rings (SSSR count). The lowest BCUT2D eigenvalue weighted by molar-refractivity contribution is -0.137. The summed E-state index contributed by atoms with van der Waals surface area (Å²) in [5.74, 6) is 0. The number of hydrogen-bond acceptors (Lipinski definition) is 1. The third kappa shape index (κ3) is 4.37. The summed E-state index contributed by atoms with van der Waals surface area (Å²) in [4.78, 5) is 0. The summed E-state index contributed by atoms with van der Waals surface area (Å²) in [7, 11) is 0. The Labute approximate surface area is 117 Å². The smallest absolute Gasteiger partial charge is 0.314 e. The first kappa shape index (κ1) is 15.1. The van der Waals surface area contributed by atoms with E-state index in [0.717, 1.165) is 31.0 Å². The standard InChI is InChI=1S/C16H20F3N/c1-12(10-15-7-2-3-8-20-15)9-13-5-4-6-14(11-13)16(17,18)19/h4-6,9,11,15,20H,2-3,7-8,10H2,1H3/b12-9-. The molecule has 1 atom stereocenters. The Bertz CT molecular complexity index is 471. The highest BCUT2D eigenvalue weighted by Crippen LogP contribution is 2.30. The highest BCUT2D eigenvalue weighted by molar-refractivity contribution is 5.53. The SMILES string of the molecule is C/C(=C/c1cccc(C(F)(F)F)c1)CC1CCCCN1. The zero-order chi connectivity index (χ0) is 14.6. The predicted molar refractivity (Wildman–Crippen MR) is 75.4 cm³/mol.